The number of amides is 1. The number of halogens is 1. The number of likely N-dealkylation sites (tertiary alicyclic amines) is 1. The number of nitrogens with one attached hydrogen (secondary N) is 1. The van der Waals surface area contributed by atoms with Gasteiger partial charge in [0.05, 0.1) is 22.9 Å². The number of nitrogens with two attached hydrogens (primary N) is 1. The fourth-order valence-corrected chi connectivity index (χ4v) is 5.75. The van der Waals surface area contributed by atoms with Gasteiger partial charge in [0.2, 0.25) is 0 Å². The van der Waals surface area contributed by atoms with Gasteiger partial charge in [-0.05, 0) is 99.3 Å². The third-order valence-electron chi connectivity index (χ3n) is 8.38. The molecular formula is C34H36FN7O2. The number of carbonyl (C=O) groups is 1. The highest BCUT2D eigenvalue weighted by molar-refractivity contribution is 6.06. The molecule has 6 rings (SSSR count). The number of aliphatic hydroxyl groups is 1. The van der Waals surface area contributed by atoms with Crippen molar-refractivity contribution in [2.45, 2.75) is 25.7 Å². The van der Waals surface area contributed by atoms with E-state index in [0.717, 1.165) is 50.9 Å². The zero-order valence-corrected chi connectivity index (χ0v) is 24.7. The monoisotopic (exact) mass is 593 g/mol. The normalized spacial score (nSPS) is 14.2. The summed E-state index contributed by atoms with van der Waals surface area (Å²) in [4.78, 5) is 34.1. The van der Waals surface area contributed by atoms with Gasteiger partial charge in [0.1, 0.15) is 11.5 Å². The smallest absolute Gasteiger partial charge is 0.258 e. The summed E-state index contributed by atoms with van der Waals surface area (Å²) in [6.07, 6.45) is 5.85. The van der Waals surface area contributed by atoms with Crippen LogP contribution in [0.1, 0.15) is 35.2 Å². The molecule has 10 heteroatoms. The lowest BCUT2D eigenvalue weighted by atomic mass is 9.97. The lowest BCUT2D eigenvalue weighted by Gasteiger charge is -2.30. The number of carbonyl (C=O) groups excluding carboxylic acids is 1. The van der Waals surface area contributed by atoms with E-state index in [1.54, 1.807) is 25.4 Å². The van der Waals surface area contributed by atoms with Crippen LogP contribution < -0.4 is 10.6 Å². The molecule has 0 atom stereocenters. The fourth-order valence-electron chi connectivity index (χ4n) is 5.75. The molecule has 0 bridgehead atoms. The number of nitrogens with zero attached hydrogens (tertiary/aromatic N) is 5. The predicted molar refractivity (Wildman–Crippen MR) is 171 cm³/mol. The molecule has 3 aromatic carbocycles. The predicted octanol–water partition coefficient (Wildman–Crippen LogP) is 5.32. The van der Waals surface area contributed by atoms with Crippen LogP contribution in [0.5, 0.6) is 0 Å². The summed E-state index contributed by atoms with van der Waals surface area (Å²) in [5.41, 5.74) is 11.9. The largest absolute Gasteiger partial charge is 0.396 e. The molecule has 4 N–H and O–H groups in total. The van der Waals surface area contributed by atoms with Crippen LogP contribution in [0.25, 0.3) is 33.8 Å². The standard InChI is InChI=1S/C34H36FN7O2/c1-41(34(44)25-8-3-9-26(35)18-25)27-10-11-28-29(19-27)40-33(39-28)31-32(36)37-20-30(38-31)24-7-2-5-22(17-24)6-4-14-42-15-12-23(21-43)13-16-42/h2-3,5,7-11,17-20,23,43H,4,6,12-16,21H2,1H3,(H2,36,37)(H,39,40). The molecule has 0 unspecified atom stereocenters. The van der Waals surface area contributed by atoms with Gasteiger partial charge in [-0.3, -0.25) is 4.79 Å². The van der Waals surface area contributed by atoms with E-state index in [1.165, 1.54) is 28.7 Å². The first-order valence-corrected chi connectivity index (χ1v) is 15.0. The van der Waals surface area contributed by atoms with Crippen molar-refractivity contribution >= 4 is 28.4 Å². The second-order valence-electron chi connectivity index (χ2n) is 11.4. The molecule has 1 amide bonds. The molecule has 44 heavy (non-hydrogen) atoms. The Balaban J connectivity index is 1.17. The number of aryl methyl sites for hydroxylation is 1. The Bertz CT molecular complexity index is 1780. The number of imidazole rings is 1. The Morgan fingerprint density at radius 2 is 1.91 bits per heavy atom. The van der Waals surface area contributed by atoms with E-state index >= 15 is 0 Å². The van der Waals surface area contributed by atoms with Crippen molar-refractivity contribution in [2.75, 3.05) is 43.9 Å². The van der Waals surface area contributed by atoms with Crippen LogP contribution in [0, 0.1) is 11.7 Å². The van der Waals surface area contributed by atoms with Crippen molar-refractivity contribution in [2.24, 2.45) is 5.92 Å². The highest BCUT2D eigenvalue weighted by Gasteiger charge is 2.19. The number of benzene rings is 3. The van der Waals surface area contributed by atoms with Gasteiger partial charge in [-0.15, -0.1) is 0 Å². The Morgan fingerprint density at radius 1 is 1.09 bits per heavy atom. The summed E-state index contributed by atoms with van der Waals surface area (Å²) in [5, 5.41) is 9.38. The number of H-pyrrole nitrogens is 1. The number of piperidine rings is 1. The first-order valence-electron chi connectivity index (χ1n) is 15.0. The van der Waals surface area contributed by atoms with E-state index in [4.69, 9.17) is 15.7 Å². The Kier molecular flexibility index (Phi) is 8.63. The van der Waals surface area contributed by atoms with Gasteiger partial charge in [-0.1, -0.05) is 24.3 Å². The maximum atomic E-state index is 13.7. The van der Waals surface area contributed by atoms with Crippen molar-refractivity contribution in [1.82, 2.24) is 24.8 Å². The molecule has 1 fully saturated rings. The second kappa shape index (κ2) is 12.9. The summed E-state index contributed by atoms with van der Waals surface area (Å²) in [5.74, 6) is 0.404. The van der Waals surface area contributed by atoms with Gasteiger partial charge in [-0.25, -0.2) is 19.3 Å². The Morgan fingerprint density at radius 3 is 2.70 bits per heavy atom. The molecule has 1 aliphatic rings. The molecule has 226 valence electrons. The summed E-state index contributed by atoms with van der Waals surface area (Å²) < 4.78 is 13.7. The number of aromatic amines is 1. The fraction of sp³-hybridized carbons (Fsp3) is 0.294. The van der Waals surface area contributed by atoms with Crippen LogP contribution in [0.3, 0.4) is 0 Å². The zero-order valence-electron chi connectivity index (χ0n) is 24.7. The highest BCUT2D eigenvalue weighted by Crippen LogP contribution is 2.29. The van der Waals surface area contributed by atoms with E-state index in [1.807, 2.05) is 24.3 Å². The van der Waals surface area contributed by atoms with Gasteiger partial charge >= 0.3 is 0 Å². The Hall–Kier alpha value is -4.67. The summed E-state index contributed by atoms with van der Waals surface area (Å²) in [6, 6.07) is 19.4. The van der Waals surface area contributed by atoms with E-state index in [-0.39, 0.29) is 17.3 Å². The van der Waals surface area contributed by atoms with Crippen LogP contribution in [0.2, 0.25) is 0 Å². The average Bonchev–Trinajstić information content (AvgIpc) is 3.48. The third-order valence-corrected chi connectivity index (χ3v) is 8.38. The molecule has 0 aliphatic carbocycles. The van der Waals surface area contributed by atoms with Gasteiger partial charge in [0.15, 0.2) is 11.6 Å². The van der Waals surface area contributed by atoms with Crippen LogP contribution in [0.4, 0.5) is 15.9 Å². The quantitative estimate of drug-likeness (QED) is 0.211. The van der Waals surface area contributed by atoms with Gasteiger partial charge < -0.3 is 25.6 Å². The molecule has 3 heterocycles. The average molecular weight is 594 g/mol. The molecule has 9 nitrogen and oxygen atoms in total. The maximum Gasteiger partial charge on any atom is 0.258 e. The third kappa shape index (κ3) is 6.46. The van der Waals surface area contributed by atoms with Gasteiger partial charge in [0, 0.05) is 30.5 Å². The van der Waals surface area contributed by atoms with Crippen molar-refractivity contribution < 1.29 is 14.3 Å². The Labute approximate surface area is 255 Å². The van der Waals surface area contributed by atoms with Crippen molar-refractivity contribution in [3.8, 4) is 22.8 Å². The molecule has 1 saturated heterocycles. The lowest BCUT2D eigenvalue weighted by molar-refractivity contribution is 0.0992. The van der Waals surface area contributed by atoms with E-state index in [9.17, 15) is 14.3 Å². The molecule has 0 radical (unpaired) electrons. The number of aliphatic hydroxyl groups excluding tert-OH is 1. The molecule has 5 aromatic rings. The molecule has 0 spiro atoms. The van der Waals surface area contributed by atoms with Gasteiger partial charge in [-0.2, -0.15) is 0 Å². The number of hydrogen-bond donors (Lipinski definition) is 3. The molecule has 0 saturated carbocycles. The van der Waals surface area contributed by atoms with Crippen molar-refractivity contribution in [3.63, 3.8) is 0 Å². The first kappa shape index (κ1) is 29.4. The van der Waals surface area contributed by atoms with Crippen LogP contribution in [-0.4, -0.2) is 69.1 Å². The van der Waals surface area contributed by atoms with E-state index in [0.29, 0.717) is 46.5 Å². The van der Waals surface area contributed by atoms with Crippen LogP contribution >= 0.6 is 0 Å². The molecular weight excluding hydrogens is 557 g/mol. The summed E-state index contributed by atoms with van der Waals surface area (Å²) in [6.45, 7) is 3.47. The van der Waals surface area contributed by atoms with Crippen LogP contribution in [0.15, 0.2) is 72.9 Å². The maximum absolute atomic E-state index is 13.7. The van der Waals surface area contributed by atoms with E-state index < -0.39 is 5.82 Å². The molecule has 2 aromatic heterocycles. The van der Waals surface area contributed by atoms with Gasteiger partial charge in [0.25, 0.3) is 5.91 Å². The lowest BCUT2D eigenvalue weighted by Crippen LogP contribution is -2.35. The number of rotatable bonds is 9. The first-order chi connectivity index (χ1) is 21.4. The SMILES string of the molecule is CN(C(=O)c1cccc(F)c1)c1ccc2nc(-c3nc(-c4cccc(CCCN5CCC(CO)CC5)c4)cnc3N)[nH]c2c1. The number of nitrogen functional groups attached to an aromatic ring is 1. The summed E-state index contributed by atoms with van der Waals surface area (Å²) in [7, 11) is 1.65. The topological polar surface area (TPSA) is 124 Å². The number of anilines is 2. The van der Waals surface area contributed by atoms with E-state index in [2.05, 4.69) is 27.0 Å². The number of hydrogen-bond acceptors (Lipinski definition) is 7. The zero-order chi connectivity index (χ0) is 30.6. The minimum absolute atomic E-state index is 0.257. The van der Waals surface area contributed by atoms with Crippen LogP contribution in [-0.2, 0) is 6.42 Å². The number of aromatic nitrogens is 4. The molecule has 1 aliphatic heterocycles. The highest BCUT2D eigenvalue weighted by atomic mass is 19.1. The van der Waals surface area contributed by atoms with Crippen molar-refractivity contribution in [3.05, 3.63) is 89.9 Å². The van der Waals surface area contributed by atoms with Crippen molar-refractivity contribution in [1.29, 1.82) is 0 Å². The minimum Gasteiger partial charge on any atom is -0.396 e. The number of fused-ring (bicyclic) bond motifs is 1. The second-order valence-corrected chi connectivity index (χ2v) is 11.4. The minimum atomic E-state index is -0.461. The summed E-state index contributed by atoms with van der Waals surface area (Å²) >= 11 is 0.